The molecule has 0 unspecified atom stereocenters. The van der Waals surface area contributed by atoms with Crippen molar-refractivity contribution in [3.63, 3.8) is 0 Å². The minimum atomic E-state index is -0.731. The number of nitrogens with one attached hydrogen (secondary N) is 2. The van der Waals surface area contributed by atoms with Gasteiger partial charge in [-0.25, -0.2) is 0 Å². The van der Waals surface area contributed by atoms with Gasteiger partial charge in [0, 0.05) is 6.07 Å². The van der Waals surface area contributed by atoms with Crippen molar-refractivity contribution < 1.29 is 9.90 Å². The van der Waals surface area contributed by atoms with Crippen LogP contribution in [0.2, 0.25) is 5.15 Å². The van der Waals surface area contributed by atoms with Crippen LogP contribution >= 0.6 is 11.6 Å². The summed E-state index contributed by atoms with van der Waals surface area (Å²) in [7, 11) is 0. The molecular formula is C7H5ClN2O3. The van der Waals surface area contributed by atoms with Gasteiger partial charge in [0.15, 0.2) is 17.2 Å². The molecule has 0 aliphatic rings. The molecule has 1 heterocycles. The Morgan fingerprint density at radius 2 is 2.31 bits per heavy atom. The second-order valence-electron chi connectivity index (χ2n) is 2.24. The molecular weight excluding hydrogens is 196 g/mol. The van der Waals surface area contributed by atoms with E-state index in [0.717, 1.165) is 6.07 Å². The van der Waals surface area contributed by atoms with Crippen LogP contribution < -0.4 is 5.43 Å². The predicted molar refractivity (Wildman–Crippen MR) is 46.6 cm³/mol. The smallest absolute Gasteiger partial charge is 0.225 e. The summed E-state index contributed by atoms with van der Waals surface area (Å²) in [4.78, 5) is 23.4. The molecule has 0 radical (unpaired) electrons. The zero-order valence-electron chi connectivity index (χ0n) is 6.30. The molecule has 68 valence electrons. The molecule has 0 amide bonds. The van der Waals surface area contributed by atoms with E-state index in [1.165, 1.54) is 0 Å². The third-order valence-corrected chi connectivity index (χ3v) is 1.64. The Kier molecular flexibility index (Phi) is 2.48. The number of aromatic hydroxyl groups is 1. The van der Waals surface area contributed by atoms with E-state index in [1.807, 2.05) is 0 Å². The van der Waals surface area contributed by atoms with Crippen molar-refractivity contribution in [1.29, 1.82) is 5.41 Å². The van der Waals surface area contributed by atoms with Crippen LogP contribution in [0.4, 0.5) is 0 Å². The number of carbonyl (C=O) groups is 1. The van der Waals surface area contributed by atoms with E-state index in [1.54, 1.807) is 0 Å². The molecule has 0 fully saturated rings. The number of carbonyl (C=O) groups excluding carboxylic acids is 1. The number of pyridine rings is 1. The van der Waals surface area contributed by atoms with Crippen molar-refractivity contribution >= 4 is 23.6 Å². The van der Waals surface area contributed by atoms with E-state index in [0.29, 0.717) is 0 Å². The fraction of sp³-hybridized carbons (Fsp3) is 0. The van der Waals surface area contributed by atoms with Crippen LogP contribution in [0.1, 0.15) is 5.69 Å². The van der Waals surface area contributed by atoms with Crippen LogP contribution in [0.15, 0.2) is 10.9 Å². The highest BCUT2D eigenvalue weighted by molar-refractivity contribution is 6.35. The third kappa shape index (κ3) is 1.75. The molecule has 6 heteroatoms. The number of H-pyrrole nitrogens is 1. The van der Waals surface area contributed by atoms with Gasteiger partial charge in [0.25, 0.3) is 0 Å². The number of aldehydes is 1. The maximum Gasteiger partial charge on any atom is 0.225 e. The van der Waals surface area contributed by atoms with Crippen LogP contribution in [0, 0.1) is 5.41 Å². The SMILES string of the molecule is N=C(C=O)c1cc(=O)c(O)c(Cl)[nH]1. The highest BCUT2D eigenvalue weighted by Crippen LogP contribution is 2.14. The lowest BCUT2D eigenvalue weighted by Crippen LogP contribution is -2.10. The molecule has 0 aromatic carbocycles. The first-order valence-electron chi connectivity index (χ1n) is 3.22. The van der Waals surface area contributed by atoms with E-state index >= 15 is 0 Å². The van der Waals surface area contributed by atoms with Gasteiger partial charge in [-0.3, -0.25) is 15.0 Å². The largest absolute Gasteiger partial charge is 0.502 e. The van der Waals surface area contributed by atoms with Gasteiger partial charge in [0.2, 0.25) is 5.43 Å². The predicted octanol–water partition coefficient (Wildman–Crippen LogP) is 0.301. The first-order chi connectivity index (χ1) is 6.06. The Morgan fingerprint density at radius 3 is 2.77 bits per heavy atom. The van der Waals surface area contributed by atoms with Gasteiger partial charge >= 0.3 is 0 Å². The Hall–Kier alpha value is -1.62. The first-order valence-corrected chi connectivity index (χ1v) is 3.60. The lowest BCUT2D eigenvalue weighted by Gasteiger charge is -1.99. The van der Waals surface area contributed by atoms with Crippen molar-refractivity contribution in [2.24, 2.45) is 0 Å². The fourth-order valence-electron chi connectivity index (χ4n) is 0.730. The van der Waals surface area contributed by atoms with Gasteiger partial charge in [0.1, 0.15) is 5.71 Å². The number of rotatable bonds is 2. The highest BCUT2D eigenvalue weighted by Gasteiger charge is 2.08. The molecule has 1 aromatic rings. The van der Waals surface area contributed by atoms with Crippen molar-refractivity contribution in [3.05, 3.63) is 27.1 Å². The maximum atomic E-state index is 10.9. The Labute approximate surface area is 77.5 Å². The fourth-order valence-corrected chi connectivity index (χ4v) is 0.925. The monoisotopic (exact) mass is 200 g/mol. The van der Waals surface area contributed by atoms with Crippen LogP contribution in [-0.2, 0) is 4.79 Å². The Morgan fingerprint density at radius 1 is 1.69 bits per heavy atom. The summed E-state index contributed by atoms with van der Waals surface area (Å²) in [6.45, 7) is 0. The molecule has 1 aromatic heterocycles. The Bertz CT molecular complexity index is 424. The second-order valence-corrected chi connectivity index (χ2v) is 2.62. The van der Waals surface area contributed by atoms with Crippen molar-refractivity contribution in [1.82, 2.24) is 4.98 Å². The van der Waals surface area contributed by atoms with Gasteiger partial charge in [-0.2, -0.15) is 0 Å². The average Bonchev–Trinajstić information content (AvgIpc) is 2.12. The zero-order chi connectivity index (χ0) is 10.0. The van der Waals surface area contributed by atoms with Gasteiger partial charge in [-0.1, -0.05) is 11.6 Å². The van der Waals surface area contributed by atoms with Crippen LogP contribution in [-0.4, -0.2) is 22.1 Å². The van der Waals surface area contributed by atoms with Gasteiger partial charge in [-0.15, -0.1) is 0 Å². The first kappa shape index (κ1) is 9.47. The third-order valence-electron chi connectivity index (χ3n) is 1.37. The molecule has 0 atom stereocenters. The highest BCUT2D eigenvalue weighted by atomic mass is 35.5. The molecule has 0 bridgehead atoms. The number of aromatic nitrogens is 1. The minimum Gasteiger partial charge on any atom is -0.502 e. The second kappa shape index (κ2) is 3.40. The molecule has 0 saturated carbocycles. The van der Waals surface area contributed by atoms with Crippen LogP contribution in [0.25, 0.3) is 0 Å². The summed E-state index contributed by atoms with van der Waals surface area (Å²) < 4.78 is 0. The van der Waals surface area contributed by atoms with E-state index in [2.05, 4.69) is 4.98 Å². The summed E-state index contributed by atoms with van der Waals surface area (Å²) in [6, 6.07) is 0.929. The summed E-state index contributed by atoms with van der Waals surface area (Å²) in [5, 5.41) is 15.7. The van der Waals surface area contributed by atoms with Gasteiger partial charge in [-0.05, 0) is 0 Å². The quantitative estimate of drug-likeness (QED) is 0.364. The number of hydrogen-bond donors (Lipinski definition) is 3. The summed E-state index contributed by atoms with van der Waals surface area (Å²) in [5.74, 6) is -0.621. The number of hydrogen-bond acceptors (Lipinski definition) is 4. The van der Waals surface area contributed by atoms with E-state index in [-0.39, 0.29) is 17.1 Å². The average molecular weight is 201 g/mol. The topological polar surface area (TPSA) is 94.0 Å². The zero-order valence-corrected chi connectivity index (χ0v) is 7.05. The summed E-state index contributed by atoms with van der Waals surface area (Å²) in [5.41, 5.74) is -1.16. The van der Waals surface area contributed by atoms with Crippen molar-refractivity contribution in [2.45, 2.75) is 0 Å². The molecule has 5 nitrogen and oxygen atoms in total. The Balaban J connectivity index is 3.37. The normalized spacial score (nSPS) is 9.62. The summed E-state index contributed by atoms with van der Waals surface area (Å²) >= 11 is 5.40. The van der Waals surface area contributed by atoms with Crippen molar-refractivity contribution in [2.75, 3.05) is 0 Å². The molecule has 0 aliphatic heterocycles. The molecule has 3 N–H and O–H groups in total. The maximum absolute atomic E-state index is 10.9. The van der Waals surface area contributed by atoms with Gasteiger partial charge < -0.3 is 10.1 Å². The standard InChI is InChI=1S/C7H5ClN2O3/c8-7-6(13)5(12)1-4(10-7)3(9)2-11/h1-2,9,13H,(H,10,12). The number of aromatic amines is 1. The van der Waals surface area contributed by atoms with Crippen LogP contribution in [0.3, 0.4) is 0 Å². The van der Waals surface area contributed by atoms with E-state index < -0.39 is 16.9 Å². The number of halogens is 1. The molecule has 0 aliphatic carbocycles. The summed E-state index contributed by atoms with van der Waals surface area (Å²) in [6.07, 6.45) is 0.263. The minimum absolute atomic E-state index is 0.0252. The molecule has 0 saturated heterocycles. The van der Waals surface area contributed by atoms with E-state index in [9.17, 15) is 9.59 Å². The molecule has 1 rings (SSSR count). The van der Waals surface area contributed by atoms with E-state index in [4.69, 9.17) is 22.1 Å². The molecule has 0 spiro atoms. The molecule has 13 heavy (non-hydrogen) atoms. The van der Waals surface area contributed by atoms with Gasteiger partial charge in [0.05, 0.1) is 5.69 Å². The van der Waals surface area contributed by atoms with Crippen molar-refractivity contribution in [3.8, 4) is 5.75 Å². The lowest BCUT2D eigenvalue weighted by molar-refractivity contribution is -0.102. The lowest BCUT2D eigenvalue weighted by atomic mass is 10.2. The van der Waals surface area contributed by atoms with Crippen LogP contribution in [0.5, 0.6) is 5.75 Å².